The highest BCUT2D eigenvalue weighted by Crippen LogP contribution is 2.19. The monoisotopic (exact) mass is 230 g/mol. The van der Waals surface area contributed by atoms with Gasteiger partial charge in [0.25, 0.3) is 0 Å². The highest BCUT2D eigenvalue weighted by molar-refractivity contribution is 5.57. The molecule has 1 unspecified atom stereocenters. The lowest BCUT2D eigenvalue weighted by atomic mass is 10.1. The van der Waals surface area contributed by atoms with Gasteiger partial charge in [-0.1, -0.05) is 19.8 Å². The van der Waals surface area contributed by atoms with Crippen LogP contribution in [0.3, 0.4) is 0 Å². The molecule has 0 amide bonds. The van der Waals surface area contributed by atoms with E-state index in [2.05, 4.69) is 21.9 Å². The van der Waals surface area contributed by atoms with Crippen molar-refractivity contribution in [2.45, 2.75) is 32.2 Å². The number of aromatic nitrogens is 3. The predicted molar refractivity (Wildman–Crippen MR) is 68.3 cm³/mol. The van der Waals surface area contributed by atoms with Crippen LogP contribution in [0.2, 0.25) is 0 Å². The van der Waals surface area contributed by atoms with E-state index >= 15 is 0 Å². The second-order valence-electron chi connectivity index (χ2n) is 4.17. The molecule has 0 aromatic carbocycles. The average molecular weight is 230 g/mol. The van der Waals surface area contributed by atoms with Gasteiger partial charge in [-0.05, 0) is 18.6 Å². The van der Waals surface area contributed by atoms with Crippen molar-refractivity contribution in [1.29, 1.82) is 0 Å². The summed E-state index contributed by atoms with van der Waals surface area (Å²) in [6, 6.07) is 3.91. The molecule has 0 aliphatic heterocycles. The Morgan fingerprint density at radius 2 is 2.12 bits per heavy atom. The molecule has 4 nitrogen and oxygen atoms in total. The van der Waals surface area contributed by atoms with Gasteiger partial charge in [-0.15, -0.1) is 0 Å². The number of pyridine rings is 1. The molecule has 0 saturated heterocycles. The second kappa shape index (κ2) is 5.59. The first kappa shape index (κ1) is 11.8. The number of imidazole rings is 1. The lowest BCUT2D eigenvalue weighted by molar-refractivity contribution is 0.580. The van der Waals surface area contributed by atoms with Gasteiger partial charge < -0.3 is 10.7 Å². The fourth-order valence-corrected chi connectivity index (χ4v) is 1.76. The minimum atomic E-state index is 0.00513. The lowest BCUT2D eigenvalue weighted by Gasteiger charge is -2.07. The van der Waals surface area contributed by atoms with E-state index in [1.54, 1.807) is 12.4 Å². The van der Waals surface area contributed by atoms with Gasteiger partial charge in [-0.25, -0.2) is 4.98 Å². The van der Waals surface area contributed by atoms with E-state index in [0.717, 1.165) is 36.3 Å². The van der Waals surface area contributed by atoms with Crippen LogP contribution in [-0.2, 0) is 0 Å². The van der Waals surface area contributed by atoms with Gasteiger partial charge in [0, 0.05) is 18.0 Å². The minimum Gasteiger partial charge on any atom is -0.341 e. The summed E-state index contributed by atoms with van der Waals surface area (Å²) in [6.45, 7) is 2.16. The Balaban J connectivity index is 2.11. The van der Waals surface area contributed by atoms with Crippen LogP contribution in [0.4, 0.5) is 0 Å². The average Bonchev–Trinajstić information content (AvgIpc) is 2.86. The number of nitrogens with two attached hydrogens (primary N) is 1. The summed E-state index contributed by atoms with van der Waals surface area (Å²) < 4.78 is 0. The van der Waals surface area contributed by atoms with Crippen LogP contribution in [0.15, 0.2) is 30.7 Å². The van der Waals surface area contributed by atoms with Crippen LogP contribution >= 0.6 is 0 Å². The van der Waals surface area contributed by atoms with Gasteiger partial charge in [0.05, 0.1) is 17.9 Å². The maximum atomic E-state index is 6.07. The number of rotatable bonds is 5. The molecule has 1 atom stereocenters. The molecule has 0 radical (unpaired) electrons. The van der Waals surface area contributed by atoms with Gasteiger partial charge >= 0.3 is 0 Å². The standard InChI is InChI=1S/C13H18N4/c1-2-3-4-11(14)13-16-9-12(17-13)10-5-7-15-8-6-10/h5-9,11H,2-4,14H2,1H3,(H,16,17). The van der Waals surface area contributed by atoms with Crippen molar-refractivity contribution in [3.63, 3.8) is 0 Å². The summed E-state index contributed by atoms with van der Waals surface area (Å²) in [5.74, 6) is 0.866. The van der Waals surface area contributed by atoms with E-state index in [9.17, 15) is 0 Å². The van der Waals surface area contributed by atoms with Crippen LogP contribution in [0.1, 0.15) is 38.1 Å². The van der Waals surface area contributed by atoms with Crippen molar-refractivity contribution in [3.8, 4) is 11.3 Å². The first-order chi connectivity index (χ1) is 8.31. The second-order valence-corrected chi connectivity index (χ2v) is 4.17. The highest BCUT2D eigenvalue weighted by Gasteiger charge is 2.10. The maximum Gasteiger partial charge on any atom is 0.123 e. The molecule has 0 fully saturated rings. The largest absolute Gasteiger partial charge is 0.341 e. The third kappa shape index (κ3) is 2.91. The zero-order valence-electron chi connectivity index (χ0n) is 10.1. The topological polar surface area (TPSA) is 67.6 Å². The molecule has 0 spiro atoms. The minimum absolute atomic E-state index is 0.00513. The zero-order valence-corrected chi connectivity index (χ0v) is 10.1. The molecule has 3 N–H and O–H groups in total. The molecule has 2 heterocycles. The smallest absolute Gasteiger partial charge is 0.123 e. The van der Waals surface area contributed by atoms with Crippen LogP contribution in [0, 0.1) is 0 Å². The number of hydrogen-bond donors (Lipinski definition) is 2. The van der Waals surface area contributed by atoms with Gasteiger partial charge in [0.1, 0.15) is 5.82 Å². The Labute approximate surface area is 101 Å². The summed E-state index contributed by atoms with van der Waals surface area (Å²) >= 11 is 0. The third-order valence-electron chi connectivity index (χ3n) is 2.81. The van der Waals surface area contributed by atoms with E-state index in [4.69, 9.17) is 5.73 Å². The molecule has 2 aromatic heterocycles. The Kier molecular flexibility index (Phi) is 3.88. The maximum absolute atomic E-state index is 6.07. The number of hydrogen-bond acceptors (Lipinski definition) is 3. The Morgan fingerprint density at radius 1 is 1.35 bits per heavy atom. The van der Waals surface area contributed by atoms with E-state index < -0.39 is 0 Å². The van der Waals surface area contributed by atoms with E-state index in [0.29, 0.717) is 0 Å². The van der Waals surface area contributed by atoms with Crippen molar-refractivity contribution < 1.29 is 0 Å². The van der Waals surface area contributed by atoms with Gasteiger partial charge in [-0.2, -0.15) is 0 Å². The molecule has 0 aliphatic carbocycles. The Hall–Kier alpha value is -1.68. The summed E-state index contributed by atoms with van der Waals surface area (Å²) in [4.78, 5) is 11.6. The van der Waals surface area contributed by atoms with Gasteiger partial charge in [-0.3, -0.25) is 4.98 Å². The van der Waals surface area contributed by atoms with E-state index in [1.807, 2.05) is 18.3 Å². The molecule has 17 heavy (non-hydrogen) atoms. The molecule has 4 heteroatoms. The molecular formula is C13H18N4. The molecule has 0 saturated carbocycles. The molecule has 0 aliphatic rings. The van der Waals surface area contributed by atoms with Crippen LogP contribution < -0.4 is 5.73 Å². The molecule has 0 bridgehead atoms. The summed E-state index contributed by atoms with van der Waals surface area (Å²) in [5, 5.41) is 0. The first-order valence-electron chi connectivity index (χ1n) is 6.02. The Morgan fingerprint density at radius 3 is 2.82 bits per heavy atom. The number of aromatic amines is 1. The zero-order chi connectivity index (χ0) is 12.1. The van der Waals surface area contributed by atoms with E-state index in [-0.39, 0.29) is 6.04 Å². The normalized spacial score (nSPS) is 12.6. The molecule has 2 aromatic rings. The van der Waals surface area contributed by atoms with Crippen LogP contribution in [0.25, 0.3) is 11.3 Å². The SMILES string of the molecule is CCCCC(N)c1ncc(-c2ccncc2)[nH]1. The Bertz CT molecular complexity index is 449. The van der Waals surface area contributed by atoms with Crippen molar-refractivity contribution in [1.82, 2.24) is 15.0 Å². The number of nitrogens with one attached hydrogen (secondary N) is 1. The quantitative estimate of drug-likeness (QED) is 0.829. The molecule has 90 valence electrons. The fraction of sp³-hybridized carbons (Fsp3) is 0.385. The van der Waals surface area contributed by atoms with Gasteiger partial charge in [0.2, 0.25) is 0 Å². The van der Waals surface area contributed by atoms with Crippen molar-refractivity contribution in [2.24, 2.45) is 5.73 Å². The molecule has 2 rings (SSSR count). The number of unbranched alkanes of at least 4 members (excludes halogenated alkanes) is 1. The van der Waals surface area contributed by atoms with Crippen molar-refractivity contribution in [3.05, 3.63) is 36.5 Å². The third-order valence-corrected chi connectivity index (χ3v) is 2.81. The van der Waals surface area contributed by atoms with Crippen LogP contribution in [-0.4, -0.2) is 15.0 Å². The molecular weight excluding hydrogens is 212 g/mol. The summed E-state index contributed by atoms with van der Waals surface area (Å²) in [5.41, 5.74) is 8.15. The lowest BCUT2D eigenvalue weighted by Crippen LogP contribution is -2.11. The fourth-order valence-electron chi connectivity index (χ4n) is 1.76. The van der Waals surface area contributed by atoms with Gasteiger partial charge in [0.15, 0.2) is 0 Å². The predicted octanol–water partition coefficient (Wildman–Crippen LogP) is 2.66. The van der Waals surface area contributed by atoms with E-state index in [1.165, 1.54) is 0 Å². The summed E-state index contributed by atoms with van der Waals surface area (Å²) in [7, 11) is 0. The highest BCUT2D eigenvalue weighted by atomic mass is 15.0. The summed E-state index contributed by atoms with van der Waals surface area (Å²) in [6.07, 6.45) is 8.63. The van der Waals surface area contributed by atoms with Crippen molar-refractivity contribution >= 4 is 0 Å². The first-order valence-corrected chi connectivity index (χ1v) is 6.02. The number of nitrogens with zero attached hydrogens (tertiary/aromatic N) is 2. The number of H-pyrrole nitrogens is 1. The van der Waals surface area contributed by atoms with Crippen LogP contribution in [0.5, 0.6) is 0 Å². The van der Waals surface area contributed by atoms with Crippen molar-refractivity contribution in [2.75, 3.05) is 0 Å².